The summed E-state index contributed by atoms with van der Waals surface area (Å²) in [4.78, 5) is 31.7. The van der Waals surface area contributed by atoms with E-state index in [1.165, 1.54) is 19.0 Å². The Balaban J connectivity index is 2.08. The highest BCUT2D eigenvalue weighted by molar-refractivity contribution is 5.92. The lowest BCUT2D eigenvalue weighted by atomic mass is 10.0. The number of carbonyl (C=O) groups excluding carboxylic acids is 1. The first-order valence-corrected chi connectivity index (χ1v) is 7.17. The van der Waals surface area contributed by atoms with Gasteiger partial charge in [-0.05, 0) is 33.2 Å². The second-order valence-corrected chi connectivity index (χ2v) is 5.49. The fourth-order valence-corrected chi connectivity index (χ4v) is 2.45. The van der Waals surface area contributed by atoms with E-state index in [-0.39, 0.29) is 23.2 Å². The molecule has 6 nitrogen and oxygen atoms in total. The molecule has 0 spiro atoms. The molecule has 2 rings (SSSR count). The van der Waals surface area contributed by atoms with Crippen LogP contribution in [0.15, 0.2) is 17.2 Å². The molecule has 0 radical (unpaired) electrons. The van der Waals surface area contributed by atoms with Crippen molar-refractivity contribution in [2.75, 3.05) is 13.1 Å². The summed E-state index contributed by atoms with van der Waals surface area (Å²) in [6, 6.07) is 0.442. The molecule has 1 fully saturated rings. The minimum atomic E-state index is -0.299. The average Bonchev–Trinajstić information content (AvgIpc) is 2.45. The zero-order valence-electron chi connectivity index (χ0n) is 12.1. The number of aromatic nitrogens is 2. The molecule has 0 aromatic carbocycles. The van der Waals surface area contributed by atoms with Crippen LogP contribution in [0.4, 0.5) is 0 Å². The molecule has 20 heavy (non-hydrogen) atoms. The molecule has 1 aromatic heterocycles. The summed E-state index contributed by atoms with van der Waals surface area (Å²) in [7, 11) is 0. The fourth-order valence-electron chi connectivity index (χ4n) is 2.45. The van der Waals surface area contributed by atoms with E-state index in [9.17, 15) is 9.59 Å². The molecule has 2 N–H and O–H groups in total. The maximum atomic E-state index is 12.5. The van der Waals surface area contributed by atoms with Gasteiger partial charge in [0.1, 0.15) is 5.69 Å². The highest BCUT2D eigenvalue weighted by Gasteiger charge is 2.24. The summed E-state index contributed by atoms with van der Waals surface area (Å²) < 4.78 is 0. The smallest absolute Gasteiger partial charge is 0.274 e. The third-order valence-electron chi connectivity index (χ3n) is 3.60. The lowest BCUT2D eigenvalue weighted by Gasteiger charge is -2.33. The largest absolute Gasteiger partial charge is 0.333 e. The van der Waals surface area contributed by atoms with Gasteiger partial charge in [0.25, 0.3) is 11.5 Å². The molecule has 1 saturated heterocycles. The Bertz CT molecular complexity index is 486. The standard InChI is InChI=1S/C14H22N4O2/c1-10(2)18(9-11-5-3-4-6-15-11)14(20)12-7-17-13(19)8-16-12/h7-8,10-11,15H,3-6,9H2,1-2H3,(H,17,19). The number of hydrogen-bond donors (Lipinski definition) is 2. The molecule has 0 aliphatic carbocycles. The number of aromatic amines is 1. The summed E-state index contributed by atoms with van der Waals surface area (Å²) >= 11 is 0. The van der Waals surface area contributed by atoms with Gasteiger partial charge in [0.05, 0.1) is 6.20 Å². The third kappa shape index (κ3) is 3.66. The molecule has 0 bridgehead atoms. The van der Waals surface area contributed by atoms with Crippen molar-refractivity contribution >= 4 is 5.91 Å². The number of carbonyl (C=O) groups is 1. The van der Waals surface area contributed by atoms with Crippen LogP contribution in [-0.2, 0) is 0 Å². The molecule has 1 unspecified atom stereocenters. The quantitative estimate of drug-likeness (QED) is 0.852. The van der Waals surface area contributed by atoms with Gasteiger partial charge in [-0.3, -0.25) is 9.59 Å². The molecular weight excluding hydrogens is 256 g/mol. The van der Waals surface area contributed by atoms with E-state index in [2.05, 4.69) is 15.3 Å². The number of piperidine rings is 1. The van der Waals surface area contributed by atoms with Gasteiger partial charge < -0.3 is 15.2 Å². The van der Waals surface area contributed by atoms with Crippen molar-refractivity contribution in [2.24, 2.45) is 0 Å². The molecule has 1 aliphatic heterocycles. The first kappa shape index (κ1) is 14.7. The maximum absolute atomic E-state index is 12.5. The zero-order chi connectivity index (χ0) is 14.5. The minimum Gasteiger partial charge on any atom is -0.333 e. The van der Waals surface area contributed by atoms with Gasteiger partial charge >= 0.3 is 0 Å². The monoisotopic (exact) mass is 278 g/mol. The Hall–Kier alpha value is -1.69. The highest BCUT2D eigenvalue weighted by Crippen LogP contribution is 2.12. The van der Waals surface area contributed by atoms with E-state index < -0.39 is 0 Å². The van der Waals surface area contributed by atoms with Crippen molar-refractivity contribution in [1.82, 2.24) is 20.2 Å². The van der Waals surface area contributed by atoms with Gasteiger partial charge in [0, 0.05) is 24.8 Å². The maximum Gasteiger partial charge on any atom is 0.274 e. The molecule has 2 heterocycles. The van der Waals surface area contributed by atoms with Crippen LogP contribution in [0.1, 0.15) is 43.6 Å². The Labute approximate surface area is 118 Å². The minimum absolute atomic E-state index is 0.0972. The van der Waals surface area contributed by atoms with Crippen LogP contribution in [0.3, 0.4) is 0 Å². The number of amides is 1. The summed E-state index contributed by atoms with van der Waals surface area (Å²) in [5, 5.41) is 3.45. The van der Waals surface area contributed by atoms with Gasteiger partial charge in [-0.25, -0.2) is 4.98 Å². The van der Waals surface area contributed by atoms with E-state index >= 15 is 0 Å². The fraction of sp³-hybridized carbons (Fsp3) is 0.643. The number of hydrogen-bond acceptors (Lipinski definition) is 4. The van der Waals surface area contributed by atoms with Gasteiger partial charge in [-0.15, -0.1) is 0 Å². The molecule has 1 amide bonds. The van der Waals surface area contributed by atoms with Crippen LogP contribution < -0.4 is 10.9 Å². The van der Waals surface area contributed by atoms with E-state index in [0.29, 0.717) is 12.6 Å². The van der Waals surface area contributed by atoms with Crippen molar-refractivity contribution in [3.8, 4) is 0 Å². The van der Waals surface area contributed by atoms with Crippen LogP contribution in [0.2, 0.25) is 0 Å². The number of nitrogens with zero attached hydrogens (tertiary/aromatic N) is 2. The van der Waals surface area contributed by atoms with Crippen molar-refractivity contribution in [2.45, 2.75) is 45.2 Å². The van der Waals surface area contributed by atoms with Gasteiger partial charge in [0.15, 0.2) is 0 Å². The Kier molecular flexibility index (Phi) is 4.89. The molecule has 1 atom stereocenters. The third-order valence-corrected chi connectivity index (χ3v) is 3.60. The SMILES string of the molecule is CC(C)N(CC1CCCCN1)C(=O)c1c[nH]c(=O)cn1. The van der Waals surface area contributed by atoms with Crippen LogP contribution in [0, 0.1) is 0 Å². The molecule has 1 aromatic rings. The normalized spacial score (nSPS) is 19.1. The molecule has 0 saturated carbocycles. The summed E-state index contributed by atoms with van der Waals surface area (Å²) in [6.07, 6.45) is 6.02. The first-order valence-electron chi connectivity index (χ1n) is 7.17. The first-order chi connectivity index (χ1) is 9.58. The van der Waals surface area contributed by atoms with E-state index in [0.717, 1.165) is 19.2 Å². The van der Waals surface area contributed by atoms with E-state index in [1.54, 1.807) is 0 Å². The van der Waals surface area contributed by atoms with Crippen molar-refractivity contribution in [3.63, 3.8) is 0 Å². The lowest BCUT2D eigenvalue weighted by Crippen LogP contribution is -2.48. The molecule has 1 aliphatic rings. The highest BCUT2D eigenvalue weighted by atomic mass is 16.2. The predicted molar refractivity (Wildman–Crippen MR) is 76.7 cm³/mol. The number of nitrogens with one attached hydrogen (secondary N) is 2. The summed E-state index contributed by atoms with van der Waals surface area (Å²) in [6.45, 7) is 5.68. The Morgan fingerprint density at radius 2 is 2.30 bits per heavy atom. The Morgan fingerprint density at radius 1 is 1.50 bits per heavy atom. The Morgan fingerprint density at radius 3 is 2.85 bits per heavy atom. The topological polar surface area (TPSA) is 78.1 Å². The lowest BCUT2D eigenvalue weighted by molar-refractivity contribution is 0.0670. The van der Waals surface area contributed by atoms with Crippen molar-refractivity contribution in [1.29, 1.82) is 0 Å². The van der Waals surface area contributed by atoms with Gasteiger partial charge in [0.2, 0.25) is 0 Å². The van der Waals surface area contributed by atoms with Crippen LogP contribution in [0.25, 0.3) is 0 Å². The second-order valence-electron chi connectivity index (χ2n) is 5.49. The predicted octanol–water partition coefficient (Wildman–Crippen LogP) is 0.763. The van der Waals surface area contributed by atoms with Crippen LogP contribution >= 0.6 is 0 Å². The molecular formula is C14H22N4O2. The van der Waals surface area contributed by atoms with E-state index in [1.807, 2.05) is 18.7 Å². The van der Waals surface area contributed by atoms with E-state index in [4.69, 9.17) is 0 Å². The van der Waals surface area contributed by atoms with Crippen molar-refractivity contribution in [3.05, 3.63) is 28.4 Å². The van der Waals surface area contributed by atoms with Gasteiger partial charge in [-0.1, -0.05) is 6.42 Å². The number of H-pyrrole nitrogens is 1. The summed E-state index contributed by atoms with van der Waals surface area (Å²) in [5.41, 5.74) is -0.0132. The second kappa shape index (κ2) is 6.65. The number of rotatable bonds is 4. The van der Waals surface area contributed by atoms with Gasteiger partial charge in [-0.2, -0.15) is 0 Å². The average molecular weight is 278 g/mol. The zero-order valence-corrected chi connectivity index (χ0v) is 12.1. The summed E-state index contributed by atoms with van der Waals surface area (Å²) in [5.74, 6) is -0.136. The van der Waals surface area contributed by atoms with Crippen LogP contribution in [-0.4, -0.2) is 45.9 Å². The molecule has 6 heteroatoms. The van der Waals surface area contributed by atoms with Crippen LogP contribution in [0.5, 0.6) is 0 Å². The molecule has 110 valence electrons. The van der Waals surface area contributed by atoms with Crippen molar-refractivity contribution < 1.29 is 4.79 Å².